The first kappa shape index (κ1) is 12.8. The van der Waals surface area contributed by atoms with Gasteiger partial charge in [0.1, 0.15) is 0 Å². The molecule has 0 radical (unpaired) electrons. The zero-order chi connectivity index (χ0) is 15.8. The van der Waals surface area contributed by atoms with Crippen LogP contribution in [0.25, 0.3) is 0 Å². The number of fused-ring (bicyclic) bond motifs is 7. The fourth-order valence-electron chi connectivity index (χ4n) is 4.06. The number of carbonyl (C=O) groups is 2. The van der Waals surface area contributed by atoms with Gasteiger partial charge in [-0.25, -0.2) is 0 Å². The molecule has 3 aliphatic rings. The number of aliphatic hydroxyl groups is 1. The minimum Gasteiger partial charge on any atom is -0.365 e. The summed E-state index contributed by atoms with van der Waals surface area (Å²) in [6, 6.07) is 13.7. The van der Waals surface area contributed by atoms with Crippen molar-refractivity contribution in [2.45, 2.75) is 18.2 Å². The Morgan fingerprint density at radius 2 is 1.65 bits per heavy atom. The summed E-state index contributed by atoms with van der Waals surface area (Å²) in [6.45, 7) is 0.602. The van der Waals surface area contributed by atoms with Gasteiger partial charge in [-0.05, 0) is 24.6 Å². The first-order valence-electron chi connectivity index (χ1n) is 7.70. The Balaban J connectivity index is 1.86. The topological polar surface area (TPSA) is 60.9 Å². The molecule has 5 nitrogen and oxygen atoms in total. The summed E-state index contributed by atoms with van der Waals surface area (Å²) in [5.41, 5.74) is 0.550. The molecule has 23 heavy (non-hydrogen) atoms. The normalized spacial score (nSPS) is 27.6. The van der Waals surface area contributed by atoms with Crippen molar-refractivity contribution in [1.29, 1.82) is 0 Å². The van der Waals surface area contributed by atoms with E-state index in [9.17, 15) is 14.7 Å². The van der Waals surface area contributed by atoms with E-state index in [1.54, 1.807) is 47.4 Å². The van der Waals surface area contributed by atoms with Crippen LogP contribution in [0.3, 0.4) is 0 Å². The fourth-order valence-corrected chi connectivity index (χ4v) is 4.06. The zero-order valence-corrected chi connectivity index (χ0v) is 12.3. The van der Waals surface area contributed by atoms with E-state index in [1.807, 2.05) is 6.07 Å². The van der Waals surface area contributed by atoms with Crippen molar-refractivity contribution >= 4 is 17.5 Å². The first-order valence-corrected chi connectivity index (χ1v) is 7.70. The summed E-state index contributed by atoms with van der Waals surface area (Å²) in [5, 5.41) is 11.6. The van der Waals surface area contributed by atoms with Crippen LogP contribution in [0, 0.1) is 0 Å². The molecule has 114 valence electrons. The second kappa shape index (κ2) is 4.00. The number of benzene rings is 2. The fraction of sp³-hybridized carbons (Fsp3) is 0.222. The molecule has 5 heteroatoms. The summed E-state index contributed by atoms with van der Waals surface area (Å²) in [6.07, 6.45) is 0.675. The molecule has 3 aliphatic heterocycles. The van der Waals surface area contributed by atoms with Crippen LogP contribution in [0.15, 0.2) is 48.5 Å². The average molecular weight is 306 g/mol. The third-order valence-corrected chi connectivity index (χ3v) is 5.22. The molecule has 0 bridgehead atoms. The van der Waals surface area contributed by atoms with E-state index >= 15 is 0 Å². The molecule has 0 aliphatic carbocycles. The van der Waals surface area contributed by atoms with Crippen LogP contribution in [0.2, 0.25) is 0 Å². The summed E-state index contributed by atoms with van der Waals surface area (Å²) in [5.74, 6) is -0.373. The van der Waals surface area contributed by atoms with Gasteiger partial charge in [-0.2, -0.15) is 0 Å². The molecule has 2 aromatic rings. The van der Waals surface area contributed by atoms with Gasteiger partial charge in [0.25, 0.3) is 11.8 Å². The largest absolute Gasteiger partial charge is 0.365 e. The van der Waals surface area contributed by atoms with Crippen molar-refractivity contribution in [3.63, 3.8) is 0 Å². The van der Waals surface area contributed by atoms with Gasteiger partial charge in [0.2, 0.25) is 0 Å². The van der Waals surface area contributed by atoms with Gasteiger partial charge in [0, 0.05) is 17.7 Å². The highest BCUT2D eigenvalue weighted by Gasteiger charge is 2.61. The highest BCUT2D eigenvalue weighted by atomic mass is 16.3. The number of nitrogens with zero attached hydrogens (tertiary/aromatic N) is 2. The second-order valence-electron chi connectivity index (χ2n) is 6.23. The molecule has 2 amide bonds. The van der Waals surface area contributed by atoms with Crippen molar-refractivity contribution < 1.29 is 14.7 Å². The van der Waals surface area contributed by atoms with E-state index in [-0.39, 0.29) is 11.8 Å². The zero-order valence-electron chi connectivity index (χ0n) is 12.3. The summed E-state index contributed by atoms with van der Waals surface area (Å²) < 4.78 is 0. The Labute approximate surface area is 132 Å². The maximum Gasteiger partial charge on any atom is 0.261 e. The minimum absolute atomic E-state index is 0.120. The number of hydrogen-bond acceptors (Lipinski definition) is 3. The van der Waals surface area contributed by atoms with Crippen molar-refractivity contribution in [2.24, 2.45) is 0 Å². The van der Waals surface area contributed by atoms with Crippen molar-refractivity contribution in [1.82, 2.24) is 4.90 Å². The molecule has 0 saturated carbocycles. The van der Waals surface area contributed by atoms with E-state index in [2.05, 4.69) is 0 Å². The summed E-state index contributed by atoms with van der Waals surface area (Å²) in [4.78, 5) is 28.8. The van der Waals surface area contributed by atoms with Crippen molar-refractivity contribution in [2.75, 3.05) is 11.4 Å². The van der Waals surface area contributed by atoms with E-state index < -0.39 is 11.8 Å². The maximum absolute atomic E-state index is 13.0. The number of para-hydroxylation sites is 1. The van der Waals surface area contributed by atoms with Gasteiger partial charge in [-0.1, -0.05) is 30.3 Å². The van der Waals surface area contributed by atoms with Gasteiger partial charge in [-0.15, -0.1) is 0 Å². The average Bonchev–Trinajstić information content (AvgIpc) is 2.72. The molecule has 2 atom stereocenters. The summed E-state index contributed by atoms with van der Waals surface area (Å²) >= 11 is 0. The standard InChI is InChI=1S/C18H14N2O3/c21-16-12-6-2-4-8-14(12)20-17(22)11-5-1-3-7-13(11)18(20,23)15-9-10-19(15)16/h1-8,15,23H,9-10H2/t15-,18-/m1/s1. The molecule has 0 aromatic heterocycles. The molecular weight excluding hydrogens is 292 g/mol. The first-order chi connectivity index (χ1) is 11.1. The lowest BCUT2D eigenvalue weighted by atomic mass is 9.86. The van der Waals surface area contributed by atoms with Crippen LogP contribution in [0.1, 0.15) is 32.7 Å². The molecular formula is C18H14N2O3. The van der Waals surface area contributed by atoms with Crippen molar-refractivity contribution in [3.05, 3.63) is 65.2 Å². The predicted octanol–water partition coefficient (Wildman–Crippen LogP) is 1.72. The van der Waals surface area contributed by atoms with Gasteiger partial charge in [0.15, 0.2) is 5.72 Å². The molecule has 1 N–H and O–H groups in total. The van der Waals surface area contributed by atoms with Crippen LogP contribution in [-0.4, -0.2) is 34.4 Å². The number of hydrogen-bond donors (Lipinski definition) is 1. The smallest absolute Gasteiger partial charge is 0.261 e. The predicted molar refractivity (Wildman–Crippen MR) is 83.0 cm³/mol. The Kier molecular flexibility index (Phi) is 2.23. The molecule has 2 aromatic carbocycles. The quantitative estimate of drug-likeness (QED) is 0.806. The van der Waals surface area contributed by atoms with Crippen LogP contribution >= 0.6 is 0 Å². The summed E-state index contributed by atoms with van der Waals surface area (Å²) in [7, 11) is 0. The Morgan fingerprint density at radius 1 is 0.957 bits per heavy atom. The van der Waals surface area contributed by atoms with E-state index in [4.69, 9.17) is 0 Å². The van der Waals surface area contributed by atoms with Gasteiger partial charge >= 0.3 is 0 Å². The maximum atomic E-state index is 13.0. The second-order valence-corrected chi connectivity index (χ2v) is 6.23. The minimum atomic E-state index is -1.49. The lowest BCUT2D eigenvalue weighted by molar-refractivity contribution is -0.0736. The highest BCUT2D eigenvalue weighted by molar-refractivity contribution is 6.16. The SMILES string of the molecule is O=C1c2ccccc2N2C(=O)c3ccccc3[C@@]2(O)[C@H]2CCN12. The molecule has 0 unspecified atom stereocenters. The third-order valence-electron chi connectivity index (χ3n) is 5.22. The molecule has 3 heterocycles. The Bertz CT molecular complexity index is 878. The number of carbonyl (C=O) groups excluding carboxylic acids is 2. The van der Waals surface area contributed by atoms with Crippen LogP contribution in [-0.2, 0) is 5.72 Å². The Hall–Kier alpha value is -2.66. The molecule has 1 saturated heterocycles. The van der Waals surface area contributed by atoms with Gasteiger partial charge in [-0.3, -0.25) is 14.5 Å². The van der Waals surface area contributed by atoms with Crippen LogP contribution < -0.4 is 4.90 Å². The highest BCUT2D eigenvalue weighted by Crippen LogP contribution is 2.50. The van der Waals surface area contributed by atoms with E-state index in [1.165, 1.54) is 4.90 Å². The van der Waals surface area contributed by atoms with Crippen LogP contribution in [0.4, 0.5) is 5.69 Å². The molecule has 1 fully saturated rings. The number of amides is 2. The number of rotatable bonds is 0. The van der Waals surface area contributed by atoms with Gasteiger partial charge in [0.05, 0.1) is 17.3 Å². The van der Waals surface area contributed by atoms with E-state index in [0.717, 1.165) is 0 Å². The lowest BCUT2D eigenvalue weighted by Crippen LogP contribution is -2.64. The van der Waals surface area contributed by atoms with Crippen molar-refractivity contribution in [3.8, 4) is 0 Å². The van der Waals surface area contributed by atoms with Crippen LogP contribution in [0.5, 0.6) is 0 Å². The third kappa shape index (κ3) is 1.32. The monoisotopic (exact) mass is 306 g/mol. The van der Waals surface area contributed by atoms with Gasteiger partial charge < -0.3 is 10.0 Å². The number of anilines is 1. The van der Waals surface area contributed by atoms with E-state index in [0.29, 0.717) is 35.3 Å². The molecule has 0 spiro atoms. The Morgan fingerprint density at radius 3 is 2.39 bits per heavy atom. The molecule has 5 rings (SSSR count). The lowest BCUT2D eigenvalue weighted by Gasteiger charge is -2.49.